The highest BCUT2D eigenvalue weighted by molar-refractivity contribution is 5.03. The molecular formula is C8H15NO2. The van der Waals surface area contributed by atoms with Crippen LogP contribution >= 0.6 is 0 Å². The second-order valence-electron chi connectivity index (χ2n) is 3.68. The van der Waals surface area contributed by atoms with Crippen LogP contribution in [0, 0.1) is 5.92 Å². The summed E-state index contributed by atoms with van der Waals surface area (Å²) < 4.78 is 5.37. The van der Waals surface area contributed by atoms with Gasteiger partial charge in [-0.2, -0.15) is 0 Å². The molecule has 2 unspecified atom stereocenters. The van der Waals surface area contributed by atoms with Crippen LogP contribution < -0.4 is 0 Å². The van der Waals surface area contributed by atoms with Gasteiger partial charge >= 0.3 is 0 Å². The van der Waals surface area contributed by atoms with E-state index in [1.165, 1.54) is 6.42 Å². The molecule has 0 aromatic rings. The number of nitrogens with zero attached hydrogens (tertiary/aromatic N) is 1. The van der Waals surface area contributed by atoms with Crippen molar-refractivity contribution < 1.29 is 9.84 Å². The van der Waals surface area contributed by atoms with Gasteiger partial charge < -0.3 is 9.84 Å². The molecule has 3 nitrogen and oxygen atoms in total. The van der Waals surface area contributed by atoms with E-state index in [9.17, 15) is 5.11 Å². The van der Waals surface area contributed by atoms with Crippen LogP contribution in [-0.2, 0) is 4.74 Å². The van der Waals surface area contributed by atoms with Crippen molar-refractivity contribution in [2.75, 3.05) is 33.4 Å². The molecule has 11 heavy (non-hydrogen) atoms. The van der Waals surface area contributed by atoms with Crippen molar-refractivity contribution in [3.63, 3.8) is 0 Å². The van der Waals surface area contributed by atoms with Gasteiger partial charge in [0.1, 0.15) is 0 Å². The molecule has 2 heterocycles. The Morgan fingerprint density at radius 3 is 3.18 bits per heavy atom. The van der Waals surface area contributed by atoms with Gasteiger partial charge in [-0.25, -0.2) is 0 Å². The first-order chi connectivity index (χ1) is 5.29. The molecule has 0 saturated carbocycles. The minimum absolute atomic E-state index is 0.0278. The summed E-state index contributed by atoms with van der Waals surface area (Å²) in [6.07, 6.45) is 1.18. The summed E-state index contributed by atoms with van der Waals surface area (Å²) in [6.45, 7) is 2.90. The summed E-state index contributed by atoms with van der Waals surface area (Å²) in [6, 6.07) is 0. The number of hydrogen-bond acceptors (Lipinski definition) is 3. The van der Waals surface area contributed by atoms with Gasteiger partial charge in [0.2, 0.25) is 0 Å². The van der Waals surface area contributed by atoms with Crippen LogP contribution in [0.15, 0.2) is 0 Å². The Morgan fingerprint density at radius 2 is 2.55 bits per heavy atom. The van der Waals surface area contributed by atoms with Crippen molar-refractivity contribution >= 4 is 0 Å². The van der Waals surface area contributed by atoms with Crippen LogP contribution in [0.25, 0.3) is 0 Å². The number of hydrogen-bond donors (Lipinski definition) is 1. The quantitative estimate of drug-likeness (QED) is 0.567. The SMILES string of the molecule is CN1CCC2COCC21CO. The standard InChI is InChI=1S/C8H15NO2/c1-9-3-2-7-4-11-6-8(7,9)5-10/h7,10H,2-6H2,1H3. The molecule has 2 atom stereocenters. The third kappa shape index (κ3) is 0.849. The Hall–Kier alpha value is -0.120. The molecule has 64 valence electrons. The van der Waals surface area contributed by atoms with Gasteiger partial charge in [-0.1, -0.05) is 0 Å². The largest absolute Gasteiger partial charge is 0.394 e. The number of likely N-dealkylation sites (tertiary alicyclic amines) is 1. The lowest BCUT2D eigenvalue weighted by molar-refractivity contribution is 0.0509. The predicted molar refractivity (Wildman–Crippen MR) is 41.4 cm³/mol. The summed E-state index contributed by atoms with van der Waals surface area (Å²) in [5, 5.41) is 9.28. The molecule has 3 heteroatoms. The third-order valence-electron chi connectivity index (χ3n) is 3.28. The summed E-state index contributed by atoms with van der Waals surface area (Å²) in [7, 11) is 2.07. The Balaban J connectivity index is 2.22. The maximum Gasteiger partial charge on any atom is 0.0724 e. The van der Waals surface area contributed by atoms with Gasteiger partial charge in [0.15, 0.2) is 0 Å². The fraction of sp³-hybridized carbons (Fsp3) is 1.00. The maximum atomic E-state index is 9.28. The van der Waals surface area contributed by atoms with E-state index in [1.807, 2.05) is 0 Å². The fourth-order valence-corrected chi connectivity index (χ4v) is 2.29. The Kier molecular flexibility index (Phi) is 1.67. The topological polar surface area (TPSA) is 32.7 Å². The molecule has 2 rings (SSSR count). The Labute approximate surface area is 66.9 Å². The minimum atomic E-state index is -0.0278. The predicted octanol–water partition coefficient (Wildman–Crippen LogP) is -0.301. The van der Waals surface area contributed by atoms with Gasteiger partial charge in [0, 0.05) is 5.92 Å². The summed E-state index contributed by atoms with van der Waals surface area (Å²) in [5.74, 6) is 0.567. The van der Waals surface area contributed by atoms with Crippen LogP contribution in [0.2, 0.25) is 0 Å². The lowest BCUT2D eigenvalue weighted by atomic mass is 9.89. The van der Waals surface area contributed by atoms with Gasteiger partial charge in [0.05, 0.1) is 25.4 Å². The molecule has 0 spiro atoms. The van der Waals surface area contributed by atoms with Crippen LogP contribution in [0.1, 0.15) is 6.42 Å². The van der Waals surface area contributed by atoms with Gasteiger partial charge in [-0.3, -0.25) is 4.90 Å². The number of rotatable bonds is 1. The molecule has 0 bridgehead atoms. The minimum Gasteiger partial charge on any atom is -0.394 e. The molecule has 0 aromatic carbocycles. The number of aliphatic hydroxyl groups excluding tert-OH is 1. The van der Waals surface area contributed by atoms with Gasteiger partial charge in [-0.15, -0.1) is 0 Å². The lowest BCUT2D eigenvalue weighted by Gasteiger charge is -2.32. The molecule has 2 aliphatic rings. The monoisotopic (exact) mass is 157 g/mol. The summed E-state index contributed by atoms with van der Waals surface area (Å²) in [5.41, 5.74) is -0.0278. The molecule has 0 aliphatic carbocycles. The van der Waals surface area contributed by atoms with Gasteiger partial charge in [-0.05, 0) is 20.0 Å². The highest BCUT2D eigenvalue weighted by atomic mass is 16.5. The Bertz CT molecular complexity index is 162. The lowest BCUT2D eigenvalue weighted by Crippen LogP contribution is -2.49. The van der Waals surface area contributed by atoms with Crippen molar-refractivity contribution in [1.29, 1.82) is 0 Å². The molecule has 0 radical (unpaired) electrons. The molecule has 1 N–H and O–H groups in total. The molecule has 2 aliphatic heterocycles. The maximum absolute atomic E-state index is 9.28. The summed E-state index contributed by atoms with van der Waals surface area (Å²) in [4.78, 5) is 2.24. The molecule has 2 fully saturated rings. The van der Waals surface area contributed by atoms with E-state index >= 15 is 0 Å². The average molecular weight is 157 g/mol. The van der Waals surface area contributed by atoms with Crippen molar-refractivity contribution in [2.45, 2.75) is 12.0 Å². The number of aliphatic hydroxyl groups is 1. The average Bonchev–Trinajstić information content (AvgIpc) is 2.53. The number of likely N-dealkylation sites (N-methyl/N-ethyl adjacent to an activating group) is 1. The van der Waals surface area contributed by atoms with Crippen molar-refractivity contribution in [1.82, 2.24) is 4.90 Å². The molecule has 2 saturated heterocycles. The number of fused-ring (bicyclic) bond motifs is 1. The smallest absolute Gasteiger partial charge is 0.0724 e. The van der Waals surface area contributed by atoms with E-state index in [0.29, 0.717) is 12.5 Å². The first kappa shape index (κ1) is 7.53. The van der Waals surface area contributed by atoms with Crippen LogP contribution in [0.3, 0.4) is 0 Å². The van der Waals surface area contributed by atoms with Gasteiger partial charge in [0.25, 0.3) is 0 Å². The first-order valence-corrected chi connectivity index (χ1v) is 4.19. The normalized spacial score (nSPS) is 44.7. The summed E-state index contributed by atoms with van der Waals surface area (Å²) >= 11 is 0. The third-order valence-corrected chi connectivity index (χ3v) is 3.28. The number of ether oxygens (including phenoxy) is 1. The zero-order valence-electron chi connectivity index (χ0n) is 6.92. The fourth-order valence-electron chi connectivity index (χ4n) is 2.29. The zero-order valence-corrected chi connectivity index (χ0v) is 6.92. The van der Waals surface area contributed by atoms with E-state index in [1.54, 1.807) is 0 Å². The second-order valence-corrected chi connectivity index (χ2v) is 3.68. The van der Waals surface area contributed by atoms with Crippen LogP contribution in [-0.4, -0.2) is 49.0 Å². The molecule has 0 aromatic heterocycles. The highest BCUT2D eigenvalue weighted by Gasteiger charge is 2.50. The second kappa shape index (κ2) is 2.44. The van der Waals surface area contributed by atoms with E-state index in [4.69, 9.17) is 4.74 Å². The van der Waals surface area contributed by atoms with Crippen molar-refractivity contribution in [3.8, 4) is 0 Å². The van der Waals surface area contributed by atoms with E-state index in [0.717, 1.165) is 13.2 Å². The highest BCUT2D eigenvalue weighted by Crippen LogP contribution is 2.38. The van der Waals surface area contributed by atoms with Crippen LogP contribution in [0.5, 0.6) is 0 Å². The van der Waals surface area contributed by atoms with Crippen molar-refractivity contribution in [2.24, 2.45) is 5.92 Å². The zero-order chi connectivity index (χ0) is 7.90. The van der Waals surface area contributed by atoms with E-state index in [-0.39, 0.29) is 12.1 Å². The van der Waals surface area contributed by atoms with Crippen LogP contribution in [0.4, 0.5) is 0 Å². The van der Waals surface area contributed by atoms with E-state index < -0.39 is 0 Å². The van der Waals surface area contributed by atoms with E-state index in [2.05, 4.69) is 11.9 Å². The molecule has 0 amide bonds. The van der Waals surface area contributed by atoms with Crippen molar-refractivity contribution in [3.05, 3.63) is 0 Å². The first-order valence-electron chi connectivity index (χ1n) is 4.19. The Morgan fingerprint density at radius 1 is 1.73 bits per heavy atom. The molecular weight excluding hydrogens is 142 g/mol.